The van der Waals surface area contributed by atoms with Crippen molar-refractivity contribution in [3.8, 4) is 11.5 Å². The number of carbonyl (C=O) groups excluding carboxylic acids is 1. The van der Waals surface area contributed by atoms with Crippen LogP contribution in [-0.4, -0.2) is 56.6 Å². The summed E-state index contributed by atoms with van der Waals surface area (Å²) in [4.78, 5) is 23.4. The summed E-state index contributed by atoms with van der Waals surface area (Å²) in [6.07, 6.45) is 7.06. The number of piperidine rings is 1. The van der Waals surface area contributed by atoms with Crippen LogP contribution >= 0.6 is 0 Å². The van der Waals surface area contributed by atoms with Gasteiger partial charge in [0, 0.05) is 61.3 Å². The van der Waals surface area contributed by atoms with Gasteiger partial charge in [0.05, 0.1) is 22.4 Å². The lowest BCUT2D eigenvalue weighted by atomic mass is 10.0. The number of benzene rings is 2. The highest BCUT2D eigenvalue weighted by Crippen LogP contribution is 2.42. The monoisotopic (exact) mass is 494 g/mol. The van der Waals surface area contributed by atoms with Gasteiger partial charge in [-0.3, -0.25) is 4.79 Å². The second kappa shape index (κ2) is 8.09. The Morgan fingerprint density at radius 2 is 1.86 bits per heavy atom. The van der Waals surface area contributed by atoms with E-state index in [2.05, 4.69) is 50.4 Å². The molecular formula is C30H34N6O. The number of anilines is 1. The number of rotatable bonds is 5. The predicted octanol–water partition coefficient (Wildman–Crippen LogP) is 4.61. The SMILES string of the molecule is NC1CCCN(C(=O)c2cc3c4c(c2)nc(-c2cc5ccccc5n2CC2CC2)n4CCN3C2CC2)C1. The molecular weight excluding hydrogens is 460 g/mol. The van der Waals surface area contributed by atoms with Gasteiger partial charge in [-0.05, 0) is 68.7 Å². The summed E-state index contributed by atoms with van der Waals surface area (Å²) in [6, 6.07) is 15.9. The van der Waals surface area contributed by atoms with Gasteiger partial charge in [0.15, 0.2) is 5.82 Å². The van der Waals surface area contributed by atoms with Crippen LogP contribution < -0.4 is 10.6 Å². The molecule has 1 unspecified atom stereocenters. The minimum atomic E-state index is 0.0712. The smallest absolute Gasteiger partial charge is 0.254 e. The Morgan fingerprint density at radius 1 is 1.00 bits per heavy atom. The number of hydrogen-bond acceptors (Lipinski definition) is 4. The molecule has 4 aromatic rings. The highest BCUT2D eigenvalue weighted by molar-refractivity contribution is 6.03. The average molecular weight is 495 g/mol. The zero-order chi connectivity index (χ0) is 24.7. The van der Waals surface area contributed by atoms with Gasteiger partial charge < -0.3 is 24.7 Å². The maximum atomic E-state index is 13.6. The van der Waals surface area contributed by atoms with Crippen LogP contribution in [0.1, 0.15) is 48.9 Å². The standard InChI is InChI=1S/C30H34N6O/c31-22-5-3-11-33(18-22)30(37)21-14-24-28-26(16-21)34(23-9-10-23)12-13-35(28)29(32-24)27-15-20-4-1-2-6-25(20)36(27)17-19-7-8-19/h1-2,4,6,14-16,19,22-23H,3,5,7-13,17-18,31H2. The fourth-order valence-corrected chi connectivity index (χ4v) is 6.62. The molecule has 190 valence electrons. The number of hydrogen-bond donors (Lipinski definition) is 1. The van der Waals surface area contributed by atoms with Crippen molar-refractivity contribution in [2.24, 2.45) is 11.7 Å². The third kappa shape index (κ3) is 3.58. The number of para-hydroxylation sites is 1. The molecule has 1 amide bonds. The van der Waals surface area contributed by atoms with Gasteiger partial charge in [0.25, 0.3) is 5.91 Å². The Bertz CT molecular complexity index is 1540. The van der Waals surface area contributed by atoms with Crippen molar-refractivity contribution in [3.05, 3.63) is 48.0 Å². The van der Waals surface area contributed by atoms with Crippen LogP contribution in [0.25, 0.3) is 33.5 Å². The highest BCUT2D eigenvalue weighted by atomic mass is 16.2. The predicted molar refractivity (Wildman–Crippen MR) is 147 cm³/mol. The van der Waals surface area contributed by atoms with E-state index >= 15 is 0 Å². The quantitative estimate of drug-likeness (QED) is 0.440. The molecule has 2 saturated carbocycles. The molecule has 2 aliphatic carbocycles. The van der Waals surface area contributed by atoms with E-state index in [0.717, 1.165) is 61.8 Å². The lowest BCUT2D eigenvalue weighted by Gasteiger charge is -2.33. The zero-order valence-electron chi connectivity index (χ0n) is 21.3. The molecule has 1 atom stereocenters. The second-order valence-corrected chi connectivity index (χ2v) is 11.7. The van der Waals surface area contributed by atoms with E-state index < -0.39 is 0 Å². The highest BCUT2D eigenvalue weighted by Gasteiger charge is 2.36. The van der Waals surface area contributed by atoms with Crippen LogP contribution in [0.2, 0.25) is 0 Å². The van der Waals surface area contributed by atoms with Crippen molar-refractivity contribution in [1.82, 2.24) is 19.0 Å². The summed E-state index contributed by atoms with van der Waals surface area (Å²) in [7, 11) is 0. The number of likely N-dealkylation sites (tertiary alicyclic amines) is 1. The number of amides is 1. The largest absolute Gasteiger partial charge is 0.365 e. The summed E-state index contributed by atoms with van der Waals surface area (Å²) >= 11 is 0. The Balaban J connectivity index is 1.30. The average Bonchev–Trinajstić information content (AvgIpc) is 3.84. The van der Waals surface area contributed by atoms with E-state index in [0.29, 0.717) is 12.6 Å². The van der Waals surface area contributed by atoms with Crippen molar-refractivity contribution in [1.29, 1.82) is 0 Å². The molecule has 7 nitrogen and oxygen atoms in total. The summed E-state index contributed by atoms with van der Waals surface area (Å²) in [5, 5.41) is 1.27. The second-order valence-electron chi connectivity index (χ2n) is 11.7. The van der Waals surface area contributed by atoms with Crippen molar-refractivity contribution < 1.29 is 4.79 Å². The molecule has 3 fully saturated rings. The van der Waals surface area contributed by atoms with Crippen molar-refractivity contribution in [3.63, 3.8) is 0 Å². The van der Waals surface area contributed by atoms with Crippen LogP contribution in [0, 0.1) is 5.92 Å². The fourth-order valence-electron chi connectivity index (χ4n) is 6.62. The molecule has 2 aromatic carbocycles. The molecule has 0 bridgehead atoms. The van der Waals surface area contributed by atoms with Crippen LogP contribution in [0.4, 0.5) is 5.69 Å². The summed E-state index contributed by atoms with van der Waals surface area (Å²) in [5.74, 6) is 1.89. The van der Waals surface area contributed by atoms with Crippen molar-refractivity contribution in [2.45, 2.75) is 63.7 Å². The van der Waals surface area contributed by atoms with Crippen LogP contribution in [0.3, 0.4) is 0 Å². The molecule has 7 heteroatoms. The molecule has 1 saturated heterocycles. The molecule has 4 aliphatic rings. The number of carbonyl (C=O) groups is 1. The first-order chi connectivity index (χ1) is 18.1. The molecule has 2 aliphatic heterocycles. The summed E-state index contributed by atoms with van der Waals surface area (Å²) in [5.41, 5.74) is 12.8. The topological polar surface area (TPSA) is 72.3 Å². The molecule has 37 heavy (non-hydrogen) atoms. The maximum Gasteiger partial charge on any atom is 0.254 e. The van der Waals surface area contributed by atoms with Crippen molar-refractivity contribution in [2.75, 3.05) is 24.5 Å². The van der Waals surface area contributed by atoms with Gasteiger partial charge in [0.2, 0.25) is 0 Å². The van der Waals surface area contributed by atoms with E-state index in [9.17, 15) is 4.79 Å². The molecule has 0 spiro atoms. The Morgan fingerprint density at radius 3 is 2.68 bits per heavy atom. The Kier molecular flexibility index (Phi) is 4.75. The Hall–Kier alpha value is -3.32. The summed E-state index contributed by atoms with van der Waals surface area (Å²) in [6.45, 7) is 4.36. The first kappa shape index (κ1) is 21.7. The van der Waals surface area contributed by atoms with E-state index in [-0.39, 0.29) is 11.9 Å². The lowest BCUT2D eigenvalue weighted by Crippen LogP contribution is -2.45. The molecule has 8 rings (SSSR count). The van der Waals surface area contributed by atoms with Gasteiger partial charge in [0.1, 0.15) is 0 Å². The third-order valence-corrected chi connectivity index (χ3v) is 8.85. The van der Waals surface area contributed by atoms with Gasteiger partial charge in [-0.25, -0.2) is 4.98 Å². The number of nitrogens with two attached hydrogens (primary N) is 1. The minimum Gasteiger partial charge on any atom is -0.365 e. The maximum absolute atomic E-state index is 13.6. The molecule has 0 radical (unpaired) electrons. The van der Waals surface area contributed by atoms with Crippen LogP contribution in [-0.2, 0) is 13.1 Å². The van der Waals surface area contributed by atoms with Gasteiger partial charge in [-0.15, -0.1) is 0 Å². The van der Waals surface area contributed by atoms with Gasteiger partial charge >= 0.3 is 0 Å². The molecule has 2 N–H and O–H groups in total. The van der Waals surface area contributed by atoms with Crippen LogP contribution in [0.15, 0.2) is 42.5 Å². The normalized spacial score (nSPS) is 21.8. The van der Waals surface area contributed by atoms with Gasteiger partial charge in [-0.1, -0.05) is 18.2 Å². The lowest BCUT2D eigenvalue weighted by molar-refractivity contribution is 0.0709. The number of nitrogens with zero attached hydrogens (tertiary/aromatic N) is 5. The first-order valence-electron chi connectivity index (χ1n) is 14.1. The Labute approximate surface area is 216 Å². The number of aromatic nitrogens is 3. The van der Waals surface area contributed by atoms with Crippen LogP contribution in [0.5, 0.6) is 0 Å². The van der Waals surface area contributed by atoms with E-state index in [1.807, 2.05) is 11.0 Å². The summed E-state index contributed by atoms with van der Waals surface area (Å²) < 4.78 is 4.91. The van der Waals surface area contributed by atoms with Gasteiger partial charge in [-0.2, -0.15) is 0 Å². The van der Waals surface area contributed by atoms with E-state index in [1.165, 1.54) is 53.5 Å². The molecule has 2 aromatic heterocycles. The minimum absolute atomic E-state index is 0.0712. The number of fused-ring (bicyclic) bond motifs is 1. The fraction of sp³-hybridized carbons (Fsp3) is 0.467. The number of imidazole rings is 1. The zero-order valence-corrected chi connectivity index (χ0v) is 21.3. The van der Waals surface area contributed by atoms with E-state index in [4.69, 9.17) is 10.7 Å². The third-order valence-electron chi connectivity index (χ3n) is 8.85. The first-order valence-corrected chi connectivity index (χ1v) is 14.1. The van der Waals surface area contributed by atoms with Crippen molar-refractivity contribution >= 4 is 33.5 Å². The molecule has 4 heterocycles. The van der Waals surface area contributed by atoms with E-state index in [1.54, 1.807) is 0 Å².